The van der Waals surface area contributed by atoms with Crippen molar-refractivity contribution in [2.75, 3.05) is 0 Å². The van der Waals surface area contributed by atoms with Crippen LogP contribution in [0.1, 0.15) is 11.1 Å². The number of benzene rings is 1. The van der Waals surface area contributed by atoms with Crippen LogP contribution in [-0.4, -0.2) is 0 Å². The minimum Gasteiger partial charge on any atom is -0.422 e. The highest BCUT2D eigenvalue weighted by Crippen LogP contribution is 2.28. The molecule has 0 amide bonds. The second-order valence-electron chi connectivity index (χ2n) is 3.49. The van der Waals surface area contributed by atoms with Crippen molar-refractivity contribution in [1.29, 1.82) is 0 Å². The van der Waals surface area contributed by atoms with E-state index in [0.717, 1.165) is 11.6 Å². The maximum Gasteiger partial charge on any atom is 0.423 e. The van der Waals surface area contributed by atoms with Crippen molar-refractivity contribution < 1.29 is 17.6 Å². The number of alkyl halides is 3. The van der Waals surface area contributed by atoms with Gasteiger partial charge in [0, 0.05) is 5.39 Å². The van der Waals surface area contributed by atoms with Gasteiger partial charge in [0.05, 0.1) is 0 Å². The van der Waals surface area contributed by atoms with Gasteiger partial charge in [0.1, 0.15) is 11.1 Å². The lowest BCUT2D eigenvalue weighted by Gasteiger charge is -2.05. The van der Waals surface area contributed by atoms with Gasteiger partial charge in [0.25, 0.3) is 0 Å². The fraction of sp³-hybridized carbons (Fsp3) is 0.182. The number of hydrogen-bond donors (Lipinski definition) is 0. The number of hydrogen-bond acceptors (Lipinski definition) is 2. The lowest BCUT2D eigenvalue weighted by atomic mass is 10.1. The summed E-state index contributed by atoms with van der Waals surface area (Å²) in [6, 6.07) is 5.48. The maximum atomic E-state index is 12.4. The van der Waals surface area contributed by atoms with Gasteiger partial charge in [0.15, 0.2) is 0 Å². The van der Waals surface area contributed by atoms with Crippen LogP contribution in [-0.2, 0) is 6.18 Å². The Hall–Kier alpha value is -1.78. The van der Waals surface area contributed by atoms with Gasteiger partial charge in [-0.3, -0.25) is 0 Å². The first kappa shape index (κ1) is 10.7. The van der Waals surface area contributed by atoms with Gasteiger partial charge in [-0.15, -0.1) is 0 Å². The lowest BCUT2D eigenvalue weighted by molar-refractivity contribution is -0.139. The maximum absolute atomic E-state index is 12.4. The Bertz CT molecular complexity index is 596. The first-order chi connectivity index (χ1) is 7.38. The molecule has 1 aromatic carbocycles. The topological polar surface area (TPSA) is 30.2 Å². The van der Waals surface area contributed by atoms with E-state index in [0.29, 0.717) is 0 Å². The summed E-state index contributed by atoms with van der Waals surface area (Å²) in [4.78, 5) is 11.1. The van der Waals surface area contributed by atoms with E-state index in [4.69, 9.17) is 0 Å². The minimum atomic E-state index is -4.68. The van der Waals surface area contributed by atoms with E-state index in [1.165, 1.54) is 12.1 Å². The molecule has 0 aliphatic rings. The Morgan fingerprint density at radius 3 is 2.50 bits per heavy atom. The van der Waals surface area contributed by atoms with Crippen molar-refractivity contribution in [3.63, 3.8) is 0 Å². The van der Waals surface area contributed by atoms with Crippen LogP contribution in [0.2, 0.25) is 0 Å². The van der Waals surface area contributed by atoms with Gasteiger partial charge < -0.3 is 4.42 Å². The highest BCUT2D eigenvalue weighted by Gasteiger charge is 2.35. The van der Waals surface area contributed by atoms with Crippen LogP contribution in [0.4, 0.5) is 13.2 Å². The Labute approximate surface area is 88.3 Å². The van der Waals surface area contributed by atoms with Crippen molar-refractivity contribution in [2.24, 2.45) is 0 Å². The van der Waals surface area contributed by atoms with Crippen molar-refractivity contribution in [3.05, 3.63) is 45.8 Å². The van der Waals surface area contributed by atoms with Gasteiger partial charge >= 0.3 is 11.8 Å². The number of rotatable bonds is 0. The van der Waals surface area contributed by atoms with E-state index < -0.39 is 17.4 Å². The average molecular weight is 228 g/mol. The third kappa shape index (κ3) is 1.80. The summed E-state index contributed by atoms with van der Waals surface area (Å²) in [5.74, 6) is 0. The molecule has 1 heterocycles. The van der Waals surface area contributed by atoms with Gasteiger partial charge in [-0.1, -0.05) is 12.1 Å². The number of aryl methyl sites for hydroxylation is 1. The van der Waals surface area contributed by atoms with Crippen LogP contribution in [0.15, 0.2) is 33.5 Å². The Kier molecular flexibility index (Phi) is 2.26. The summed E-state index contributed by atoms with van der Waals surface area (Å²) in [6.07, 6.45) is -4.68. The molecule has 0 N–H and O–H groups in total. The van der Waals surface area contributed by atoms with Crippen LogP contribution >= 0.6 is 0 Å². The number of fused-ring (bicyclic) bond motifs is 1. The van der Waals surface area contributed by atoms with Gasteiger partial charge in [0.2, 0.25) is 0 Å². The quantitative estimate of drug-likeness (QED) is 0.648. The molecule has 0 saturated heterocycles. The summed E-state index contributed by atoms with van der Waals surface area (Å²) in [6.45, 7) is 1.76. The molecular formula is C11H7F3O2. The molecule has 0 unspecified atom stereocenters. The van der Waals surface area contributed by atoms with Crippen LogP contribution in [0.3, 0.4) is 0 Å². The highest BCUT2D eigenvalue weighted by molar-refractivity contribution is 5.77. The molecule has 0 bridgehead atoms. The smallest absolute Gasteiger partial charge is 0.422 e. The second-order valence-corrected chi connectivity index (χ2v) is 3.49. The van der Waals surface area contributed by atoms with E-state index in [-0.39, 0.29) is 11.0 Å². The Morgan fingerprint density at radius 2 is 1.88 bits per heavy atom. The summed E-state index contributed by atoms with van der Waals surface area (Å²) in [5, 5.41) is 0.262. The third-order valence-corrected chi connectivity index (χ3v) is 2.20. The van der Waals surface area contributed by atoms with Crippen LogP contribution in [0, 0.1) is 6.92 Å². The predicted molar refractivity (Wildman–Crippen MR) is 52.2 cm³/mol. The first-order valence-electron chi connectivity index (χ1n) is 4.49. The molecule has 0 spiro atoms. The van der Waals surface area contributed by atoms with Crippen LogP contribution in [0.25, 0.3) is 11.0 Å². The molecule has 0 aliphatic heterocycles. The molecule has 1 aromatic heterocycles. The fourth-order valence-electron chi connectivity index (χ4n) is 1.42. The largest absolute Gasteiger partial charge is 0.423 e. The molecule has 84 valence electrons. The van der Waals surface area contributed by atoms with Gasteiger partial charge in [-0.05, 0) is 24.6 Å². The zero-order chi connectivity index (χ0) is 11.9. The van der Waals surface area contributed by atoms with Crippen molar-refractivity contribution in [3.8, 4) is 0 Å². The zero-order valence-corrected chi connectivity index (χ0v) is 8.26. The summed E-state index contributed by atoms with van der Waals surface area (Å²) < 4.78 is 41.8. The molecule has 0 aliphatic carbocycles. The van der Waals surface area contributed by atoms with E-state index in [9.17, 15) is 18.0 Å². The molecular weight excluding hydrogens is 221 g/mol. The molecule has 0 atom stereocenters. The number of halogens is 3. The van der Waals surface area contributed by atoms with Gasteiger partial charge in [-0.2, -0.15) is 13.2 Å². The zero-order valence-electron chi connectivity index (χ0n) is 8.26. The van der Waals surface area contributed by atoms with Crippen molar-refractivity contribution in [2.45, 2.75) is 13.1 Å². The summed E-state index contributed by atoms with van der Waals surface area (Å²) in [5.41, 5.74) is -1.65. The SMILES string of the molecule is Cc1ccc2cc(C(F)(F)F)c(=O)oc2c1. The molecule has 0 radical (unpaired) electrons. The lowest BCUT2D eigenvalue weighted by Crippen LogP contribution is -2.17. The third-order valence-electron chi connectivity index (χ3n) is 2.20. The summed E-state index contributed by atoms with van der Waals surface area (Å²) >= 11 is 0. The molecule has 2 nitrogen and oxygen atoms in total. The fourth-order valence-corrected chi connectivity index (χ4v) is 1.42. The van der Waals surface area contributed by atoms with E-state index in [1.807, 2.05) is 0 Å². The second kappa shape index (κ2) is 3.37. The molecule has 5 heteroatoms. The summed E-state index contributed by atoms with van der Waals surface area (Å²) in [7, 11) is 0. The highest BCUT2D eigenvalue weighted by atomic mass is 19.4. The van der Waals surface area contributed by atoms with E-state index in [1.54, 1.807) is 13.0 Å². The Balaban J connectivity index is 2.78. The van der Waals surface area contributed by atoms with E-state index >= 15 is 0 Å². The molecule has 0 fully saturated rings. The van der Waals surface area contributed by atoms with E-state index in [2.05, 4.69) is 4.42 Å². The molecule has 16 heavy (non-hydrogen) atoms. The molecule has 2 aromatic rings. The predicted octanol–water partition coefficient (Wildman–Crippen LogP) is 3.12. The van der Waals surface area contributed by atoms with Crippen LogP contribution < -0.4 is 5.63 Å². The first-order valence-corrected chi connectivity index (χ1v) is 4.49. The van der Waals surface area contributed by atoms with Crippen molar-refractivity contribution in [1.82, 2.24) is 0 Å². The van der Waals surface area contributed by atoms with Crippen molar-refractivity contribution >= 4 is 11.0 Å². The monoisotopic (exact) mass is 228 g/mol. The van der Waals surface area contributed by atoms with Crippen LogP contribution in [0.5, 0.6) is 0 Å². The average Bonchev–Trinajstić information content (AvgIpc) is 2.14. The molecule has 2 rings (SSSR count). The van der Waals surface area contributed by atoms with Gasteiger partial charge in [-0.25, -0.2) is 4.79 Å². The minimum absolute atomic E-state index is 0.165. The standard InChI is InChI=1S/C11H7F3O2/c1-6-2-3-7-5-8(11(12,13)14)10(15)16-9(7)4-6/h2-5H,1H3. The Morgan fingerprint density at radius 1 is 1.19 bits per heavy atom. The normalized spacial score (nSPS) is 12.0. The molecule has 0 saturated carbocycles.